The van der Waals surface area contributed by atoms with Gasteiger partial charge in [0.1, 0.15) is 0 Å². The Morgan fingerprint density at radius 1 is 1.33 bits per heavy atom. The Morgan fingerprint density at radius 2 is 2.05 bits per heavy atom. The Balaban J connectivity index is 1.72. The van der Waals surface area contributed by atoms with Crippen molar-refractivity contribution < 1.29 is 9.59 Å². The van der Waals surface area contributed by atoms with Crippen LogP contribution in [-0.4, -0.2) is 57.2 Å². The summed E-state index contributed by atoms with van der Waals surface area (Å²) in [4.78, 5) is 26.7. The molecule has 0 spiro atoms. The summed E-state index contributed by atoms with van der Waals surface area (Å²) >= 11 is 0. The van der Waals surface area contributed by atoms with E-state index in [0.717, 1.165) is 11.4 Å². The number of benzene rings is 1. The molecule has 0 unspecified atom stereocenters. The van der Waals surface area contributed by atoms with Gasteiger partial charge in [0.15, 0.2) is 0 Å². The fraction of sp³-hybridized carbons (Fsp3) is 0.429. The lowest BCUT2D eigenvalue weighted by Gasteiger charge is -2.15. The first kappa shape index (κ1) is 15.0. The largest absolute Gasteiger partial charge is 0.378 e. The van der Waals surface area contributed by atoms with E-state index in [1.54, 1.807) is 4.90 Å². The standard InChI is InChI=1S/C14H21N5O2/c1-18(2)12-5-3-11(4-6-12)17-13(20)15-7-9-19-10-8-16-14(19)21/h3-6H,7-10H2,1-2H3,(H,16,21)(H2,15,17,20). The van der Waals surface area contributed by atoms with Crippen LogP contribution in [0.5, 0.6) is 0 Å². The zero-order valence-electron chi connectivity index (χ0n) is 12.3. The summed E-state index contributed by atoms with van der Waals surface area (Å²) in [6.07, 6.45) is 0. The molecule has 1 heterocycles. The predicted octanol–water partition coefficient (Wildman–Crippen LogP) is 0.899. The molecule has 1 fully saturated rings. The quantitative estimate of drug-likeness (QED) is 0.754. The highest BCUT2D eigenvalue weighted by atomic mass is 16.2. The van der Waals surface area contributed by atoms with Gasteiger partial charge in [0.2, 0.25) is 0 Å². The van der Waals surface area contributed by atoms with Crippen LogP contribution in [-0.2, 0) is 0 Å². The van der Waals surface area contributed by atoms with Crippen molar-refractivity contribution in [3.8, 4) is 0 Å². The van der Waals surface area contributed by atoms with Crippen molar-refractivity contribution in [1.82, 2.24) is 15.5 Å². The van der Waals surface area contributed by atoms with Gasteiger partial charge in [-0.15, -0.1) is 0 Å². The van der Waals surface area contributed by atoms with Crippen molar-refractivity contribution in [3.63, 3.8) is 0 Å². The summed E-state index contributed by atoms with van der Waals surface area (Å²) in [5.41, 5.74) is 1.80. The second-order valence-corrected chi connectivity index (χ2v) is 5.04. The molecule has 0 atom stereocenters. The van der Waals surface area contributed by atoms with E-state index >= 15 is 0 Å². The van der Waals surface area contributed by atoms with Gasteiger partial charge >= 0.3 is 12.1 Å². The molecule has 7 heteroatoms. The summed E-state index contributed by atoms with van der Waals surface area (Å²) in [6, 6.07) is 7.23. The van der Waals surface area contributed by atoms with Gasteiger partial charge in [-0.25, -0.2) is 9.59 Å². The summed E-state index contributed by atoms with van der Waals surface area (Å²) in [6.45, 7) is 2.30. The average Bonchev–Trinajstić information content (AvgIpc) is 2.85. The van der Waals surface area contributed by atoms with Gasteiger partial charge in [0, 0.05) is 51.6 Å². The van der Waals surface area contributed by atoms with Gasteiger partial charge in [0.05, 0.1) is 0 Å². The topological polar surface area (TPSA) is 76.7 Å². The summed E-state index contributed by atoms with van der Waals surface area (Å²) < 4.78 is 0. The molecular formula is C14H21N5O2. The molecule has 0 bridgehead atoms. The van der Waals surface area contributed by atoms with Gasteiger partial charge < -0.3 is 25.8 Å². The molecule has 1 aromatic carbocycles. The molecule has 21 heavy (non-hydrogen) atoms. The minimum atomic E-state index is -0.271. The Bertz CT molecular complexity index is 501. The van der Waals surface area contributed by atoms with Crippen LogP contribution < -0.4 is 20.9 Å². The number of anilines is 2. The molecule has 3 N–H and O–H groups in total. The van der Waals surface area contributed by atoms with E-state index in [0.29, 0.717) is 26.2 Å². The van der Waals surface area contributed by atoms with Gasteiger partial charge in [0.25, 0.3) is 0 Å². The Hall–Kier alpha value is -2.44. The highest BCUT2D eigenvalue weighted by molar-refractivity contribution is 5.89. The van der Waals surface area contributed by atoms with Crippen molar-refractivity contribution in [2.24, 2.45) is 0 Å². The van der Waals surface area contributed by atoms with Crippen molar-refractivity contribution in [1.29, 1.82) is 0 Å². The van der Waals surface area contributed by atoms with E-state index in [9.17, 15) is 9.59 Å². The maximum absolute atomic E-state index is 11.7. The smallest absolute Gasteiger partial charge is 0.319 e. The molecule has 0 aromatic heterocycles. The molecule has 1 saturated heterocycles. The minimum absolute atomic E-state index is 0.0727. The molecule has 1 aromatic rings. The van der Waals surface area contributed by atoms with Gasteiger partial charge in [-0.3, -0.25) is 0 Å². The number of amides is 4. The monoisotopic (exact) mass is 291 g/mol. The van der Waals surface area contributed by atoms with Crippen molar-refractivity contribution in [2.75, 3.05) is 50.5 Å². The van der Waals surface area contributed by atoms with Gasteiger partial charge in [-0.05, 0) is 24.3 Å². The zero-order valence-corrected chi connectivity index (χ0v) is 12.3. The molecule has 0 radical (unpaired) electrons. The van der Waals surface area contributed by atoms with Crippen LogP contribution in [0.25, 0.3) is 0 Å². The van der Waals surface area contributed by atoms with Crippen LogP contribution in [0.15, 0.2) is 24.3 Å². The lowest BCUT2D eigenvalue weighted by molar-refractivity contribution is 0.216. The number of rotatable bonds is 5. The third-order valence-corrected chi connectivity index (χ3v) is 3.25. The number of nitrogens with zero attached hydrogens (tertiary/aromatic N) is 2. The van der Waals surface area contributed by atoms with Crippen LogP contribution in [0.3, 0.4) is 0 Å². The van der Waals surface area contributed by atoms with Crippen LogP contribution in [0.1, 0.15) is 0 Å². The van der Waals surface area contributed by atoms with E-state index in [1.807, 2.05) is 43.3 Å². The Morgan fingerprint density at radius 3 is 2.62 bits per heavy atom. The molecule has 0 saturated carbocycles. The van der Waals surface area contributed by atoms with E-state index < -0.39 is 0 Å². The molecule has 7 nitrogen and oxygen atoms in total. The summed E-state index contributed by atoms with van der Waals surface area (Å²) in [7, 11) is 3.92. The molecule has 0 aliphatic carbocycles. The van der Waals surface area contributed by atoms with Crippen molar-refractivity contribution in [3.05, 3.63) is 24.3 Å². The maximum Gasteiger partial charge on any atom is 0.319 e. The first-order chi connectivity index (χ1) is 10.1. The van der Waals surface area contributed by atoms with E-state index in [-0.39, 0.29) is 12.1 Å². The molecule has 1 aliphatic rings. The van der Waals surface area contributed by atoms with Crippen molar-refractivity contribution in [2.45, 2.75) is 0 Å². The van der Waals surface area contributed by atoms with E-state index in [1.165, 1.54) is 0 Å². The van der Waals surface area contributed by atoms with Crippen LogP contribution >= 0.6 is 0 Å². The summed E-state index contributed by atoms with van der Waals surface area (Å²) in [5, 5.41) is 8.21. The number of nitrogens with one attached hydrogen (secondary N) is 3. The maximum atomic E-state index is 11.7. The fourth-order valence-electron chi connectivity index (χ4n) is 2.05. The number of hydrogen-bond acceptors (Lipinski definition) is 3. The normalized spacial score (nSPS) is 13.8. The molecule has 4 amide bonds. The van der Waals surface area contributed by atoms with Crippen molar-refractivity contribution >= 4 is 23.4 Å². The third kappa shape index (κ3) is 4.27. The predicted molar refractivity (Wildman–Crippen MR) is 82.8 cm³/mol. The highest BCUT2D eigenvalue weighted by Gasteiger charge is 2.18. The second kappa shape index (κ2) is 6.83. The van der Waals surface area contributed by atoms with Crippen LogP contribution in [0, 0.1) is 0 Å². The van der Waals surface area contributed by atoms with Gasteiger partial charge in [-0.1, -0.05) is 0 Å². The Kier molecular flexibility index (Phi) is 4.86. The molecule has 2 rings (SSSR count). The average molecular weight is 291 g/mol. The third-order valence-electron chi connectivity index (χ3n) is 3.25. The van der Waals surface area contributed by atoms with E-state index in [2.05, 4.69) is 16.0 Å². The number of hydrogen-bond donors (Lipinski definition) is 3. The number of carbonyl (C=O) groups is 2. The first-order valence-corrected chi connectivity index (χ1v) is 6.91. The second-order valence-electron chi connectivity index (χ2n) is 5.04. The van der Waals surface area contributed by atoms with Crippen LogP contribution in [0.4, 0.5) is 21.0 Å². The number of urea groups is 2. The van der Waals surface area contributed by atoms with E-state index in [4.69, 9.17) is 0 Å². The van der Waals surface area contributed by atoms with Crippen LogP contribution in [0.2, 0.25) is 0 Å². The highest BCUT2D eigenvalue weighted by Crippen LogP contribution is 2.15. The SMILES string of the molecule is CN(C)c1ccc(NC(=O)NCCN2CCNC2=O)cc1. The fourth-order valence-corrected chi connectivity index (χ4v) is 2.05. The minimum Gasteiger partial charge on any atom is -0.378 e. The van der Waals surface area contributed by atoms with Gasteiger partial charge in [-0.2, -0.15) is 0 Å². The Labute approximate surface area is 124 Å². The zero-order chi connectivity index (χ0) is 15.2. The molecule has 1 aliphatic heterocycles. The lowest BCUT2D eigenvalue weighted by Crippen LogP contribution is -2.38. The summed E-state index contributed by atoms with van der Waals surface area (Å²) in [5.74, 6) is 0. The lowest BCUT2D eigenvalue weighted by atomic mass is 10.2. The molecule has 114 valence electrons. The molecular weight excluding hydrogens is 270 g/mol. The number of carbonyl (C=O) groups excluding carboxylic acids is 2. The first-order valence-electron chi connectivity index (χ1n) is 6.91.